The maximum atomic E-state index is 15.0. The van der Waals surface area contributed by atoms with Gasteiger partial charge in [-0.3, -0.25) is 9.59 Å². The van der Waals surface area contributed by atoms with E-state index in [1.165, 1.54) is 0 Å². The lowest BCUT2D eigenvalue weighted by molar-refractivity contribution is -0.163. The molecule has 0 bridgehead atoms. The number of piperidine rings is 1. The van der Waals surface area contributed by atoms with Crippen LogP contribution in [0, 0.1) is 5.41 Å². The molecule has 1 aliphatic carbocycles. The fraction of sp³-hybridized carbons (Fsp3) is 0.576. The fourth-order valence-electron chi connectivity index (χ4n) is 7.07. The van der Waals surface area contributed by atoms with Crippen LogP contribution in [0.25, 0.3) is 0 Å². The highest BCUT2D eigenvalue weighted by molar-refractivity contribution is 7.91. The Labute approximate surface area is 271 Å². The maximum Gasteiger partial charge on any atom is 0.304 e. The van der Waals surface area contributed by atoms with Crippen molar-refractivity contribution in [1.82, 2.24) is 14.5 Å². The molecule has 8 nitrogen and oxygen atoms in total. The first kappa shape index (κ1) is 33.2. The van der Waals surface area contributed by atoms with Crippen LogP contribution >= 0.6 is 23.2 Å². The number of hydrogen-bond donors (Lipinski definition) is 2. The van der Waals surface area contributed by atoms with E-state index in [2.05, 4.69) is 9.62 Å². The quantitative estimate of drug-likeness (QED) is 0.262. The molecule has 0 aromatic heterocycles. The van der Waals surface area contributed by atoms with E-state index < -0.39 is 38.2 Å². The summed E-state index contributed by atoms with van der Waals surface area (Å²) in [4.78, 5) is 31.7. The van der Waals surface area contributed by atoms with E-state index in [1.54, 1.807) is 25.1 Å². The van der Waals surface area contributed by atoms with Gasteiger partial charge in [-0.2, -0.15) is 0 Å². The summed E-state index contributed by atoms with van der Waals surface area (Å²) in [6, 6.07) is 13.9. The Morgan fingerprint density at radius 3 is 2.34 bits per heavy atom. The SMILES string of the molecule is CCC(CNS(=O)(=O)C1(C)CC1)N1C(=O)C(CCN2CCCC2)(CC(=O)O)CC(c2cccc(Cl)c2)C1c1ccc(Cl)cc1. The predicted octanol–water partition coefficient (Wildman–Crippen LogP) is 6.25. The Morgan fingerprint density at radius 1 is 1.07 bits per heavy atom. The molecule has 0 radical (unpaired) electrons. The predicted molar refractivity (Wildman–Crippen MR) is 173 cm³/mol. The second kappa shape index (κ2) is 13.3. The number of carbonyl (C=O) groups is 2. The number of amides is 1. The Kier molecular flexibility index (Phi) is 10.0. The summed E-state index contributed by atoms with van der Waals surface area (Å²) < 4.78 is 28.5. The van der Waals surface area contributed by atoms with Crippen LogP contribution in [0.2, 0.25) is 10.0 Å². The van der Waals surface area contributed by atoms with Crippen molar-refractivity contribution in [3.8, 4) is 0 Å². The number of hydrogen-bond acceptors (Lipinski definition) is 5. The van der Waals surface area contributed by atoms with Crippen molar-refractivity contribution >= 4 is 45.1 Å². The van der Waals surface area contributed by atoms with Gasteiger partial charge in [0.15, 0.2) is 0 Å². The lowest BCUT2D eigenvalue weighted by Gasteiger charge is -2.53. The Balaban J connectivity index is 1.63. The van der Waals surface area contributed by atoms with Gasteiger partial charge in [0.05, 0.1) is 22.6 Å². The largest absolute Gasteiger partial charge is 0.481 e. The number of aliphatic carboxylic acids is 1. The van der Waals surface area contributed by atoms with Crippen LogP contribution in [-0.2, 0) is 19.6 Å². The van der Waals surface area contributed by atoms with Crippen molar-refractivity contribution in [1.29, 1.82) is 0 Å². The molecule has 3 aliphatic rings. The number of rotatable bonds is 13. The van der Waals surface area contributed by atoms with Crippen molar-refractivity contribution in [3.63, 3.8) is 0 Å². The van der Waals surface area contributed by atoms with E-state index in [4.69, 9.17) is 23.2 Å². The highest BCUT2D eigenvalue weighted by atomic mass is 35.5. The molecule has 1 amide bonds. The van der Waals surface area contributed by atoms with Gasteiger partial charge in [0.1, 0.15) is 0 Å². The van der Waals surface area contributed by atoms with E-state index in [1.807, 2.05) is 42.2 Å². The molecule has 1 saturated carbocycles. The monoisotopic (exact) mass is 663 g/mol. The molecule has 240 valence electrons. The summed E-state index contributed by atoms with van der Waals surface area (Å²) >= 11 is 12.8. The zero-order chi connectivity index (χ0) is 31.7. The first-order valence-electron chi connectivity index (χ1n) is 15.7. The summed E-state index contributed by atoms with van der Waals surface area (Å²) in [5.74, 6) is -1.55. The lowest BCUT2D eigenvalue weighted by Crippen LogP contribution is -2.59. The van der Waals surface area contributed by atoms with Crippen LogP contribution in [-0.4, -0.2) is 72.2 Å². The number of carboxylic acids is 1. The van der Waals surface area contributed by atoms with Gasteiger partial charge in [-0.05, 0) is 107 Å². The van der Waals surface area contributed by atoms with Crippen LogP contribution < -0.4 is 4.72 Å². The third kappa shape index (κ3) is 6.97. The molecular weight excluding hydrogens is 621 g/mol. The molecular formula is C33H43Cl2N3O5S. The van der Waals surface area contributed by atoms with Crippen molar-refractivity contribution < 1.29 is 23.1 Å². The van der Waals surface area contributed by atoms with Crippen molar-refractivity contribution in [3.05, 3.63) is 69.7 Å². The number of carboxylic acid groups (broad SMARTS) is 1. The van der Waals surface area contributed by atoms with Gasteiger partial charge in [0.25, 0.3) is 0 Å². The standard InChI is InChI=1S/C33H43Cl2N3O5S/c1-3-27(22-36-44(42,43)32(2)13-14-32)38-30(23-9-11-25(34)12-10-23)28(24-7-6-8-26(35)19-24)20-33(31(38)41,21-29(39)40)15-18-37-16-4-5-17-37/h6-12,19,27-28,30,36H,3-5,13-18,20-22H2,1-2H3,(H,39,40). The van der Waals surface area contributed by atoms with Crippen LogP contribution in [0.15, 0.2) is 48.5 Å². The lowest BCUT2D eigenvalue weighted by atomic mass is 9.64. The molecule has 2 aliphatic heterocycles. The second-order valence-electron chi connectivity index (χ2n) is 13.1. The van der Waals surface area contributed by atoms with Gasteiger partial charge in [0, 0.05) is 28.5 Å². The van der Waals surface area contributed by atoms with E-state index in [0.717, 1.165) is 37.1 Å². The number of carbonyl (C=O) groups excluding carboxylic acids is 1. The van der Waals surface area contributed by atoms with E-state index in [-0.39, 0.29) is 24.8 Å². The van der Waals surface area contributed by atoms with Crippen LogP contribution in [0.1, 0.15) is 88.3 Å². The Hall–Kier alpha value is -2.17. The number of sulfonamides is 1. The first-order chi connectivity index (χ1) is 20.9. The molecule has 4 atom stereocenters. The Morgan fingerprint density at radius 2 is 1.75 bits per heavy atom. The molecule has 2 saturated heterocycles. The third-order valence-corrected chi connectivity index (χ3v) is 12.8. The molecule has 5 rings (SSSR count). The molecule has 0 spiro atoms. The van der Waals surface area contributed by atoms with E-state index in [9.17, 15) is 18.3 Å². The summed E-state index contributed by atoms with van der Waals surface area (Å²) in [6.07, 6.45) is 4.29. The number of halogens is 2. The number of benzene rings is 2. The first-order valence-corrected chi connectivity index (χ1v) is 17.9. The molecule has 2 aromatic rings. The molecule has 3 fully saturated rings. The summed E-state index contributed by atoms with van der Waals surface area (Å²) in [5, 5.41) is 11.3. The van der Waals surface area contributed by atoms with Gasteiger partial charge in [0.2, 0.25) is 15.9 Å². The number of likely N-dealkylation sites (tertiary alicyclic amines) is 2. The minimum atomic E-state index is -3.60. The highest BCUT2D eigenvalue weighted by Crippen LogP contribution is 2.54. The van der Waals surface area contributed by atoms with Crippen LogP contribution in [0.4, 0.5) is 0 Å². The normalized spacial score (nSPS) is 26.1. The van der Waals surface area contributed by atoms with Gasteiger partial charge in [-0.15, -0.1) is 0 Å². The van der Waals surface area contributed by atoms with Gasteiger partial charge >= 0.3 is 5.97 Å². The zero-order valence-electron chi connectivity index (χ0n) is 25.5. The minimum absolute atomic E-state index is 0.0434. The molecule has 44 heavy (non-hydrogen) atoms. The van der Waals surface area contributed by atoms with Crippen molar-refractivity contribution in [2.24, 2.45) is 5.41 Å². The van der Waals surface area contributed by atoms with E-state index >= 15 is 4.79 Å². The average molecular weight is 665 g/mol. The van der Waals surface area contributed by atoms with Crippen LogP contribution in [0.5, 0.6) is 0 Å². The molecule has 2 heterocycles. The zero-order valence-corrected chi connectivity index (χ0v) is 27.8. The molecule has 4 unspecified atom stereocenters. The fourth-order valence-corrected chi connectivity index (χ4v) is 8.80. The second-order valence-corrected chi connectivity index (χ2v) is 16.2. The van der Waals surface area contributed by atoms with Crippen LogP contribution in [0.3, 0.4) is 0 Å². The average Bonchev–Trinajstić information content (AvgIpc) is 3.53. The van der Waals surface area contributed by atoms with Crippen molar-refractivity contribution in [2.45, 2.75) is 88.0 Å². The Bertz CT molecular complexity index is 1460. The highest BCUT2D eigenvalue weighted by Gasteiger charge is 2.55. The molecule has 2 aromatic carbocycles. The maximum absolute atomic E-state index is 15.0. The third-order valence-electron chi connectivity index (χ3n) is 10.0. The number of nitrogens with zero attached hydrogens (tertiary/aromatic N) is 2. The van der Waals surface area contributed by atoms with Gasteiger partial charge in [-0.25, -0.2) is 13.1 Å². The van der Waals surface area contributed by atoms with E-state index in [0.29, 0.717) is 48.7 Å². The number of nitrogens with one attached hydrogen (secondary N) is 1. The molecule has 11 heteroatoms. The summed E-state index contributed by atoms with van der Waals surface area (Å²) in [5.41, 5.74) is 0.581. The van der Waals surface area contributed by atoms with Gasteiger partial charge in [-0.1, -0.05) is 54.4 Å². The molecule has 2 N–H and O–H groups in total. The topological polar surface area (TPSA) is 107 Å². The van der Waals surface area contributed by atoms with Crippen molar-refractivity contribution in [2.75, 3.05) is 26.2 Å². The summed E-state index contributed by atoms with van der Waals surface area (Å²) in [7, 11) is -3.60. The van der Waals surface area contributed by atoms with Gasteiger partial charge < -0.3 is 14.9 Å². The summed E-state index contributed by atoms with van der Waals surface area (Å²) in [6.45, 7) is 6.22. The smallest absolute Gasteiger partial charge is 0.304 e. The minimum Gasteiger partial charge on any atom is -0.481 e.